The molecule has 0 bridgehead atoms. The molecule has 90 valence electrons. The number of hydrogen-bond acceptors (Lipinski definition) is 4. The van der Waals surface area contributed by atoms with Gasteiger partial charge in [-0.1, -0.05) is 6.92 Å². The van der Waals surface area contributed by atoms with Crippen LogP contribution >= 0.6 is 0 Å². The van der Waals surface area contributed by atoms with Crippen molar-refractivity contribution in [3.05, 3.63) is 0 Å². The maximum atomic E-state index is 11.6. The molecule has 1 fully saturated rings. The second kappa shape index (κ2) is 4.96. The maximum absolute atomic E-state index is 11.6. The van der Waals surface area contributed by atoms with Crippen molar-refractivity contribution in [1.82, 2.24) is 4.90 Å². The molecule has 0 spiro atoms. The van der Waals surface area contributed by atoms with Gasteiger partial charge in [-0.25, -0.2) is 0 Å². The Bertz CT molecular complexity index is 316. The van der Waals surface area contributed by atoms with E-state index in [-0.39, 0.29) is 18.9 Å². The average Bonchev–Trinajstić information content (AvgIpc) is 2.60. The normalized spacial score (nSPS) is 22.0. The van der Waals surface area contributed by atoms with Gasteiger partial charge in [0, 0.05) is 13.0 Å². The number of hydrogen-bond donors (Lipinski definition) is 1. The lowest BCUT2D eigenvalue weighted by Gasteiger charge is -2.24. The van der Waals surface area contributed by atoms with Gasteiger partial charge in [0.15, 0.2) is 0 Å². The standard InChI is InChI=1S/C10H16N2O4/c1-3-7(9(11)14)12-5-6(4-8(12)13)10(15)16-2/h6-7H,3-5H2,1-2H3,(H2,11,14)/t6-,7+/m1/s1. The number of likely N-dealkylation sites (tertiary alicyclic amines) is 1. The molecule has 6 nitrogen and oxygen atoms in total. The number of carbonyl (C=O) groups excluding carboxylic acids is 3. The minimum Gasteiger partial charge on any atom is -0.469 e. The molecule has 0 aromatic carbocycles. The second-order valence-corrected chi connectivity index (χ2v) is 3.80. The van der Waals surface area contributed by atoms with Crippen LogP contribution < -0.4 is 5.73 Å². The number of methoxy groups -OCH3 is 1. The number of ether oxygens (including phenoxy) is 1. The Morgan fingerprint density at radius 2 is 2.25 bits per heavy atom. The summed E-state index contributed by atoms with van der Waals surface area (Å²) in [6.45, 7) is 1.99. The third-order valence-electron chi connectivity index (χ3n) is 2.78. The highest BCUT2D eigenvalue weighted by atomic mass is 16.5. The van der Waals surface area contributed by atoms with Crippen LogP contribution in [0, 0.1) is 5.92 Å². The van der Waals surface area contributed by atoms with Crippen molar-refractivity contribution in [2.45, 2.75) is 25.8 Å². The summed E-state index contributed by atoms with van der Waals surface area (Å²) < 4.78 is 4.57. The fraction of sp³-hybridized carbons (Fsp3) is 0.700. The van der Waals surface area contributed by atoms with E-state index in [4.69, 9.17) is 5.73 Å². The summed E-state index contributed by atoms with van der Waals surface area (Å²) in [6, 6.07) is -0.623. The van der Waals surface area contributed by atoms with E-state index in [1.807, 2.05) is 0 Å². The Morgan fingerprint density at radius 3 is 2.69 bits per heavy atom. The topological polar surface area (TPSA) is 89.7 Å². The largest absolute Gasteiger partial charge is 0.469 e. The van der Waals surface area contributed by atoms with Crippen LogP contribution in [-0.4, -0.2) is 42.4 Å². The van der Waals surface area contributed by atoms with Crippen molar-refractivity contribution in [3.8, 4) is 0 Å². The zero-order valence-corrected chi connectivity index (χ0v) is 9.43. The Hall–Kier alpha value is -1.59. The summed E-state index contributed by atoms with van der Waals surface area (Å²) in [7, 11) is 1.28. The fourth-order valence-corrected chi connectivity index (χ4v) is 1.93. The molecular formula is C10H16N2O4. The molecule has 0 radical (unpaired) electrons. The number of nitrogens with two attached hydrogens (primary N) is 1. The van der Waals surface area contributed by atoms with Crippen LogP contribution in [0.5, 0.6) is 0 Å². The van der Waals surface area contributed by atoms with Gasteiger partial charge in [0.1, 0.15) is 6.04 Å². The SMILES string of the molecule is CC[C@@H](C(N)=O)N1C[C@H](C(=O)OC)CC1=O. The van der Waals surface area contributed by atoms with Gasteiger partial charge in [0.2, 0.25) is 11.8 Å². The number of amides is 2. The Balaban J connectivity index is 2.74. The average molecular weight is 228 g/mol. The zero-order chi connectivity index (χ0) is 12.3. The number of carbonyl (C=O) groups is 3. The number of rotatable bonds is 4. The number of primary amides is 1. The molecule has 0 unspecified atom stereocenters. The predicted molar refractivity (Wildman–Crippen MR) is 55.1 cm³/mol. The van der Waals surface area contributed by atoms with E-state index in [0.717, 1.165) is 0 Å². The molecule has 2 amide bonds. The predicted octanol–water partition coefficient (Wildman–Crippen LogP) is -0.728. The maximum Gasteiger partial charge on any atom is 0.310 e. The van der Waals surface area contributed by atoms with E-state index < -0.39 is 23.8 Å². The molecule has 2 atom stereocenters. The summed E-state index contributed by atoms with van der Waals surface area (Å²) in [4.78, 5) is 35.4. The van der Waals surface area contributed by atoms with E-state index in [2.05, 4.69) is 4.74 Å². The van der Waals surface area contributed by atoms with Crippen molar-refractivity contribution >= 4 is 17.8 Å². The number of nitrogens with zero attached hydrogens (tertiary/aromatic N) is 1. The van der Waals surface area contributed by atoms with E-state index in [0.29, 0.717) is 6.42 Å². The van der Waals surface area contributed by atoms with Crippen LogP contribution in [0.2, 0.25) is 0 Å². The van der Waals surface area contributed by atoms with Crippen LogP contribution in [0.15, 0.2) is 0 Å². The zero-order valence-electron chi connectivity index (χ0n) is 9.43. The van der Waals surface area contributed by atoms with Crippen molar-refractivity contribution in [1.29, 1.82) is 0 Å². The smallest absolute Gasteiger partial charge is 0.310 e. The molecular weight excluding hydrogens is 212 g/mol. The minimum atomic E-state index is -0.623. The minimum absolute atomic E-state index is 0.0937. The van der Waals surface area contributed by atoms with Gasteiger partial charge in [-0.15, -0.1) is 0 Å². The molecule has 6 heteroatoms. The number of esters is 1. The molecule has 0 aromatic rings. The summed E-state index contributed by atoms with van der Waals surface area (Å²) in [5, 5.41) is 0. The molecule has 1 saturated heterocycles. The van der Waals surface area contributed by atoms with E-state index in [9.17, 15) is 14.4 Å². The third kappa shape index (κ3) is 2.32. The molecule has 1 aliphatic rings. The van der Waals surface area contributed by atoms with Gasteiger partial charge in [-0.3, -0.25) is 14.4 Å². The van der Waals surface area contributed by atoms with Crippen molar-refractivity contribution in [3.63, 3.8) is 0 Å². The van der Waals surface area contributed by atoms with Crippen LogP contribution in [-0.2, 0) is 19.1 Å². The fourth-order valence-electron chi connectivity index (χ4n) is 1.93. The van der Waals surface area contributed by atoms with Crippen LogP contribution in [0.25, 0.3) is 0 Å². The highest BCUT2D eigenvalue weighted by molar-refractivity contribution is 5.91. The molecule has 1 heterocycles. The van der Waals surface area contributed by atoms with Crippen LogP contribution in [0.1, 0.15) is 19.8 Å². The van der Waals surface area contributed by atoms with Gasteiger partial charge in [-0.2, -0.15) is 0 Å². The van der Waals surface area contributed by atoms with Crippen LogP contribution in [0.4, 0.5) is 0 Å². The molecule has 1 rings (SSSR count). The summed E-state index contributed by atoms with van der Waals surface area (Å²) in [5.41, 5.74) is 5.19. The first-order valence-corrected chi connectivity index (χ1v) is 5.17. The molecule has 0 aromatic heterocycles. The first-order valence-electron chi connectivity index (χ1n) is 5.17. The first kappa shape index (κ1) is 12.5. The molecule has 2 N–H and O–H groups in total. The van der Waals surface area contributed by atoms with E-state index in [1.54, 1.807) is 6.92 Å². The van der Waals surface area contributed by atoms with Gasteiger partial charge >= 0.3 is 5.97 Å². The molecule has 16 heavy (non-hydrogen) atoms. The second-order valence-electron chi connectivity index (χ2n) is 3.80. The Morgan fingerprint density at radius 1 is 1.62 bits per heavy atom. The van der Waals surface area contributed by atoms with Gasteiger partial charge in [-0.05, 0) is 6.42 Å². The van der Waals surface area contributed by atoms with E-state index >= 15 is 0 Å². The van der Waals surface area contributed by atoms with Crippen molar-refractivity contribution in [2.24, 2.45) is 11.7 Å². The van der Waals surface area contributed by atoms with Gasteiger partial charge in [0.25, 0.3) is 0 Å². The molecule has 0 aliphatic carbocycles. The lowest BCUT2D eigenvalue weighted by atomic mass is 10.1. The quantitative estimate of drug-likeness (QED) is 0.642. The highest BCUT2D eigenvalue weighted by Gasteiger charge is 2.39. The summed E-state index contributed by atoms with van der Waals surface area (Å²) >= 11 is 0. The summed E-state index contributed by atoms with van der Waals surface area (Å²) in [5.74, 6) is -1.66. The van der Waals surface area contributed by atoms with Gasteiger partial charge in [0.05, 0.1) is 13.0 Å². The first-order chi connectivity index (χ1) is 7.51. The highest BCUT2D eigenvalue weighted by Crippen LogP contribution is 2.22. The monoisotopic (exact) mass is 228 g/mol. The van der Waals surface area contributed by atoms with Gasteiger partial charge < -0.3 is 15.4 Å². The third-order valence-corrected chi connectivity index (χ3v) is 2.78. The van der Waals surface area contributed by atoms with E-state index in [1.165, 1.54) is 12.0 Å². The van der Waals surface area contributed by atoms with Crippen molar-refractivity contribution in [2.75, 3.05) is 13.7 Å². The Kier molecular flexibility index (Phi) is 3.87. The molecule has 0 saturated carbocycles. The molecule has 1 aliphatic heterocycles. The summed E-state index contributed by atoms with van der Waals surface area (Å²) in [6.07, 6.45) is 0.547. The Labute approximate surface area is 93.7 Å². The lowest BCUT2D eigenvalue weighted by molar-refractivity contribution is -0.145. The van der Waals surface area contributed by atoms with Crippen molar-refractivity contribution < 1.29 is 19.1 Å². The lowest BCUT2D eigenvalue weighted by Crippen LogP contribution is -2.45. The van der Waals surface area contributed by atoms with Crippen LogP contribution in [0.3, 0.4) is 0 Å².